The molecule has 0 unspecified atom stereocenters. The number of nitrogens with zero attached hydrogens (tertiary/aromatic N) is 1. The molecule has 1 rings (SSSR count). The lowest BCUT2D eigenvalue weighted by Gasteiger charge is -1.98. The number of hydrogen-bond donors (Lipinski definition) is 0. The van der Waals surface area contributed by atoms with E-state index in [2.05, 4.69) is 0 Å². The molecule has 1 aliphatic heterocycles. The van der Waals surface area contributed by atoms with E-state index >= 15 is 0 Å². The van der Waals surface area contributed by atoms with E-state index in [9.17, 15) is 9.90 Å². The second kappa shape index (κ2) is 3.37. The minimum absolute atomic E-state index is 0.00755. The smallest absolute Gasteiger partial charge is 0.386 e. The van der Waals surface area contributed by atoms with Crippen molar-refractivity contribution in [3.8, 4) is 0 Å². The highest BCUT2D eigenvalue weighted by atomic mass is 16.5. The van der Waals surface area contributed by atoms with Crippen LogP contribution in [0.1, 0.15) is 13.3 Å². The fourth-order valence-electron chi connectivity index (χ4n) is 1.12. The van der Waals surface area contributed by atoms with Gasteiger partial charge < -0.3 is 14.6 Å². The maximum absolute atomic E-state index is 10.4. The van der Waals surface area contributed by atoms with E-state index in [4.69, 9.17) is 4.74 Å². The normalized spacial score (nSPS) is 16.8. The number of hydrogen-bond acceptors (Lipinski definition) is 3. The molecule has 0 saturated carbocycles. The Morgan fingerprint density at radius 2 is 2.55 bits per heavy atom. The minimum Gasteiger partial charge on any atom is -0.537 e. The van der Waals surface area contributed by atoms with E-state index in [1.165, 1.54) is 0 Å². The van der Waals surface area contributed by atoms with Crippen LogP contribution in [0.15, 0.2) is 0 Å². The van der Waals surface area contributed by atoms with Gasteiger partial charge in [0.25, 0.3) is 0 Å². The third kappa shape index (κ3) is 1.69. The molecule has 1 heterocycles. The molecular formula is C7H11NO3. The van der Waals surface area contributed by atoms with Gasteiger partial charge in [0.15, 0.2) is 19.1 Å². The number of aliphatic carboxylic acids is 1. The van der Waals surface area contributed by atoms with Crippen LogP contribution < -0.4 is 5.11 Å². The Kier molecular flexibility index (Phi) is 2.46. The standard InChI is InChI=1S/C7H11NO3/c1-2-3-8-4-5-11-6(8)7(9)10/h2-5H2,1H3. The first kappa shape index (κ1) is 8.04. The highest BCUT2D eigenvalue weighted by Gasteiger charge is 2.23. The zero-order valence-corrected chi connectivity index (χ0v) is 6.50. The lowest BCUT2D eigenvalue weighted by Crippen LogP contribution is -2.36. The average Bonchev–Trinajstić information content (AvgIpc) is 2.36. The van der Waals surface area contributed by atoms with Gasteiger partial charge in [0, 0.05) is 6.42 Å². The molecule has 0 atom stereocenters. The van der Waals surface area contributed by atoms with Gasteiger partial charge in [0.05, 0.1) is 0 Å². The van der Waals surface area contributed by atoms with Crippen LogP contribution in [0.2, 0.25) is 0 Å². The maximum Gasteiger partial charge on any atom is 0.386 e. The molecule has 0 fully saturated rings. The monoisotopic (exact) mass is 157 g/mol. The molecule has 0 radical (unpaired) electrons. The number of ether oxygens (including phenoxy) is 1. The lowest BCUT2D eigenvalue weighted by atomic mass is 10.4. The number of carbonyl (C=O) groups is 1. The van der Waals surface area contributed by atoms with E-state index in [0.29, 0.717) is 13.2 Å². The van der Waals surface area contributed by atoms with Gasteiger partial charge in [-0.05, 0) is 0 Å². The number of carboxylic acid groups (broad SMARTS) is 1. The molecule has 1 aliphatic rings. The Labute approximate surface area is 65.1 Å². The van der Waals surface area contributed by atoms with Gasteiger partial charge in [-0.3, -0.25) is 0 Å². The van der Waals surface area contributed by atoms with E-state index in [1.807, 2.05) is 6.92 Å². The van der Waals surface area contributed by atoms with Crippen LogP contribution in [0, 0.1) is 0 Å². The Hall–Kier alpha value is -1.06. The average molecular weight is 157 g/mol. The molecule has 0 amide bonds. The number of carbonyl (C=O) groups excluding carboxylic acids is 1. The summed E-state index contributed by atoms with van der Waals surface area (Å²) >= 11 is 0. The van der Waals surface area contributed by atoms with E-state index < -0.39 is 5.97 Å². The summed E-state index contributed by atoms with van der Waals surface area (Å²) in [7, 11) is 0. The molecule has 0 saturated heterocycles. The van der Waals surface area contributed by atoms with Crippen molar-refractivity contribution in [2.75, 3.05) is 19.7 Å². The van der Waals surface area contributed by atoms with Crippen LogP contribution in [0.4, 0.5) is 0 Å². The van der Waals surface area contributed by atoms with Crippen LogP contribution in [0.5, 0.6) is 0 Å². The summed E-state index contributed by atoms with van der Waals surface area (Å²) in [6.07, 6.45) is 0.917. The number of rotatable bonds is 3. The van der Waals surface area contributed by atoms with Crippen molar-refractivity contribution >= 4 is 11.9 Å². The summed E-state index contributed by atoms with van der Waals surface area (Å²) in [6, 6.07) is 0. The molecule has 0 aromatic rings. The molecule has 0 aliphatic carbocycles. The second-order valence-electron chi connectivity index (χ2n) is 2.43. The van der Waals surface area contributed by atoms with Gasteiger partial charge in [-0.1, -0.05) is 6.92 Å². The summed E-state index contributed by atoms with van der Waals surface area (Å²) in [5.74, 6) is -1.22. The Morgan fingerprint density at radius 1 is 1.82 bits per heavy atom. The maximum atomic E-state index is 10.4. The zero-order valence-electron chi connectivity index (χ0n) is 6.50. The predicted octanol–water partition coefficient (Wildman–Crippen LogP) is -1.41. The topological polar surface area (TPSA) is 52.4 Å². The van der Waals surface area contributed by atoms with Gasteiger partial charge in [0.1, 0.15) is 6.54 Å². The van der Waals surface area contributed by atoms with Gasteiger partial charge in [-0.2, -0.15) is 4.58 Å². The van der Waals surface area contributed by atoms with Crippen LogP contribution in [-0.2, 0) is 9.53 Å². The highest BCUT2D eigenvalue weighted by Crippen LogP contribution is 1.95. The van der Waals surface area contributed by atoms with Gasteiger partial charge in [0.2, 0.25) is 0 Å². The van der Waals surface area contributed by atoms with Crippen LogP contribution in [0.25, 0.3) is 0 Å². The first-order chi connectivity index (χ1) is 5.25. The Morgan fingerprint density at radius 3 is 3.09 bits per heavy atom. The summed E-state index contributed by atoms with van der Waals surface area (Å²) in [5, 5.41) is 10.4. The third-order valence-corrected chi connectivity index (χ3v) is 1.56. The van der Waals surface area contributed by atoms with Gasteiger partial charge in [-0.15, -0.1) is 0 Å². The Bertz CT molecular complexity index is 198. The molecular weight excluding hydrogens is 146 g/mol. The van der Waals surface area contributed by atoms with Crippen LogP contribution >= 0.6 is 0 Å². The van der Waals surface area contributed by atoms with Crippen molar-refractivity contribution in [3.63, 3.8) is 0 Å². The fourth-order valence-corrected chi connectivity index (χ4v) is 1.12. The fraction of sp³-hybridized carbons (Fsp3) is 0.714. The van der Waals surface area contributed by atoms with Crippen LogP contribution in [-0.4, -0.2) is 36.1 Å². The molecule has 4 heteroatoms. The van der Waals surface area contributed by atoms with Crippen molar-refractivity contribution in [1.82, 2.24) is 0 Å². The number of carboxylic acids is 1. The van der Waals surface area contributed by atoms with Gasteiger partial charge >= 0.3 is 5.90 Å². The molecule has 62 valence electrons. The molecule has 4 nitrogen and oxygen atoms in total. The van der Waals surface area contributed by atoms with Crippen molar-refractivity contribution < 1.29 is 19.2 Å². The lowest BCUT2D eigenvalue weighted by molar-refractivity contribution is -0.519. The molecule has 0 spiro atoms. The largest absolute Gasteiger partial charge is 0.537 e. The Balaban J connectivity index is 2.69. The van der Waals surface area contributed by atoms with Gasteiger partial charge in [-0.25, -0.2) is 0 Å². The molecule has 0 aromatic heterocycles. The highest BCUT2D eigenvalue weighted by molar-refractivity contribution is 6.28. The molecule has 11 heavy (non-hydrogen) atoms. The van der Waals surface area contributed by atoms with Crippen LogP contribution in [0.3, 0.4) is 0 Å². The molecule has 0 bridgehead atoms. The first-order valence-corrected chi connectivity index (χ1v) is 3.71. The SMILES string of the molecule is CCC[N+]1=C(C(=O)[O-])OCC1. The minimum atomic E-state index is -1.21. The third-order valence-electron chi connectivity index (χ3n) is 1.56. The predicted molar refractivity (Wildman–Crippen MR) is 36.3 cm³/mol. The van der Waals surface area contributed by atoms with E-state index in [-0.39, 0.29) is 5.90 Å². The summed E-state index contributed by atoms with van der Waals surface area (Å²) < 4.78 is 6.55. The van der Waals surface area contributed by atoms with Crippen molar-refractivity contribution in [2.24, 2.45) is 0 Å². The van der Waals surface area contributed by atoms with Crippen molar-refractivity contribution in [2.45, 2.75) is 13.3 Å². The summed E-state index contributed by atoms with van der Waals surface area (Å²) in [4.78, 5) is 10.4. The molecule has 0 N–H and O–H groups in total. The van der Waals surface area contributed by atoms with E-state index in [0.717, 1.165) is 13.0 Å². The summed E-state index contributed by atoms with van der Waals surface area (Å²) in [6.45, 7) is 3.84. The molecule has 0 aromatic carbocycles. The zero-order chi connectivity index (χ0) is 8.27. The second-order valence-corrected chi connectivity index (χ2v) is 2.43. The van der Waals surface area contributed by atoms with E-state index in [1.54, 1.807) is 4.58 Å². The van der Waals surface area contributed by atoms with Crippen molar-refractivity contribution in [3.05, 3.63) is 0 Å². The summed E-state index contributed by atoms with van der Waals surface area (Å²) in [5.41, 5.74) is 0. The van der Waals surface area contributed by atoms with Crippen molar-refractivity contribution in [1.29, 1.82) is 0 Å². The first-order valence-electron chi connectivity index (χ1n) is 3.71. The quantitative estimate of drug-likeness (QED) is 0.473.